The van der Waals surface area contributed by atoms with Gasteiger partial charge in [-0.2, -0.15) is 0 Å². The third-order valence-electron chi connectivity index (χ3n) is 2.85. The predicted molar refractivity (Wildman–Crippen MR) is 75.4 cm³/mol. The number of carbonyl (C=O) groups is 1. The molecule has 0 N–H and O–H groups in total. The molecule has 0 aliphatic carbocycles. The van der Waals surface area contributed by atoms with Gasteiger partial charge in [0.2, 0.25) is 0 Å². The van der Waals surface area contributed by atoms with Gasteiger partial charge in [0, 0.05) is 17.0 Å². The smallest absolute Gasteiger partial charge is 0.167 e. The van der Waals surface area contributed by atoms with E-state index in [1.54, 1.807) is 0 Å². The Labute approximate surface area is 112 Å². The number of hydrogen-bond donors (Lipinski definition) is 0. The molecule has 1 nitrogen and oxygen atoms in total. The maximum atomic E-state index is 12.2. The summed E-state index contributed by atoms with van der Waals surface area (Å²) in [6.07, 6.45) is 0.350. The van der Waals surface area contributed by atoms with Crippen LogP contribution in [0.3, 0.4) is 0 Å². The van der Waals surface area contributed by atoms with E-state index in [2.05, 4.69) is 6.07 Å². The number of hydrogen-bond acceptors (Lipinski definition) is 1. The van der Waals surface area contributed by atoms with Crippen molar-refractivity contribution >= 4 is 17.4 Å². The van der Waals surface area contributed by atoms with E-state index in [4.69, 9.17) is 11.6 Å². The maximum absolute atomic E-state index is 12.2. The van der Waals surface area contributed by atoms with Gasteiger partial charge in [-0.05, 0) is 37.6 Å². The van der Waals surface area contributed by atoms with Crippen molar-refractivity contribution in [2.24, 2.45) is 0 Å². The lowest BCUT2D eigenvalue weighted by atomic mass is 9.99. The number of ketones is 1. The molecular weight excluding hydrogens is 244 g/mol. The summed E-state index contributed by atoms with van der Waals surface area (Å²) in [5.41, 5.74) is 3.85. The van der Waals surface area contributed by atoms with Crippen LogP contribution in [0, 0.1) is 13.8 Å². The third-order valence-corrected chi connectivity index (χ3v) is 3.22. The van der Waals surface area contributed by atoms with Crippen LogP contribution in [0.4, 0.5) is 0 Å². The first-order chi connectivity index (χ1) is 8.56. The molecule has 2 aromatic rings. The van der Waals surface area contributed by atoms with Crippen molar-refractivity contribution in [1.82, 2.24) is 0 Å². The number of benzene rings is 2. The molecule has 0 saturated heterocycles. The van der Waals surface area contributed by atoms with E-state index in [0.717, 1.165) is 22.3 Å². The van der Waals surface area contributed by atoms with Crippen molar-refractivity contribution in [3.05, 3.63) is 69.7 Å². The average Bonchev–Trinajstić information content (AvgIpc) is 2.31. The Hall–Kier alpha value is -1.60. The van der Waals surface area contributed by atoms with Gasteiger partial charge in [0.25, 0.3) is 0 Å². The molecule has 0 radical (unpaired) electrons. The van der Waals surface area contributed by atoms with E-state index in [1.807, 2.05) is 50.2 Å². The van der Waals surface area contributed by atoms with E-state index in [0.29, 0.717) is 11.4 Å². The molecule has 0 aromatic heterocycles. The molecule has 92 valence electrons. The Balaban J connectivity index is 2.25. The van der Waals surface area contributed by atoms with Crippen LogP contribution in [0.15, 0.2) is 42.5 Å². The lowest BCUT2D eigenvalue weighted by molar-refractivity contribution is 0.0993. The van der Waals surface area contributed by atoms with Gasteiger partial charge in [0.15, 0.2) is 5.78 Å². The molecule has 0 heterocycles. The molecular formula is C16H15ClO. The molecule has 0 aliphatic rings. The van der Waals surface area contributed by atoms with E-state index in [1.165, 1.54) is 0 Å². The summed E-state index contributed by atoms with van der Waals surface area (Å²) in [4.78, 5) is 12.2. The summed E-state index contributed by atoms with van der Waals surface area (Å²) in [6, 6.07) is 13.4. The summed E-state index contributed by atoms with van der Waals surface area (Å²) in [7, 11) is 0. The van der Waals surface area contributed by atoms with Crippen molar-refractivity contribution in [2.45, 2.75) is 20.3 Å². The van der Waals surface area contributed by atoms with Gasteiger partial charge in [-0.15, -0.1) is 0 Å². The van der Waals surface area contributed by atoms with Crippen molar-refractivity contribution in [3.63, 3.8) is 0 Å². The summed E-state index contributed by atoms with van der Waals surface area (Å²) < 4.78 is 0. The van der Waals surface area contributed by atoms with Crippen LogP contribution in [-0.2, 0) is 6.42 Å². The van der Waals surface area contributed by atoms with Crippen molar-refractivity contribution < 1.29 is 4.79 Å². The van der Waals surface area contributed by atoms with Crippen LogP contribution in [0.5, 0.6) is 0 Å². The third kappa shape index (κ3) is 2.99. The van der Waals surface area contributed by atoms with Gasteiger partial charge in [-0.1, -0.05) is 47.0 Å². The van der Waals surface area contributed by atoms with Crippen LogP contribution in [0.25, 0.3) is 0 Å². The van der Waals surface area contributed by atoms with Gasteiger partial charge < -0.3 is 0 Å². The average molecular weight is 259 g/mol. The minimum atomic E-state index is 0.106. The minimum Gasteiger partial charge on any atom is -0.294 e. The quantitative estimate of drug-likeness (QED) is 0.747. The van der Waals surface area contributed by atoms with Crippen LogP contribution in [-0.4, -0.2) is 5.78 Å². The zero-order valence-corrected chi connectivity index (χ0v) is 11.3. The van der Waals surface area contributed by atoms with E-state index in [9.17, 15) is 4.79 Å². The lowest BCUT2D eigenvalue weighted by Gasteiger charge is -2.06. The largest absolute Gasteiger partial charge is 0.294 e. The highest BCUT2D eigenvalue weighted by Gasteiger charge is 2.10. The fraction of sp³-hybridized carbons (Fsp3) is 0.188. The summed E-state index contributed by atoms with van der Waals surface area (Å²) in [5, 5.41) is 0.648. The highest BCUT2D eigenvalue weighted by molar-refractivity contribution is 6.31. The molecule has 0 bridgehead atoms. The Morgan fingerprint density at radius 1 is 1.06 bits per heavy atom. The molecule has 0 unspecified atom stereocenters. The molecule has 0 spiro atoms. The van der Waals surface area contributed by atoms with Crippen LogP contribution >= 0.6 is 11.6 Å². The van der Waals surface area contributed by atoms with E-state index < -0.39 is 0 Å². The predicted octanol–water partition coefficient (Wildman–Crippen LogP) is 4.38. The Kier molecular flexibility index (Phi) is 3.83. The van der Waals surface area contributed by atoms with Gasteiger partial charge >= 0.3 is 0 Å². The molecule has 0 amide bonds. The van der Waals surface area contributed by atoms with Crippen molar-refractivity contribution in [1.29, 1.82) is 0 Å². The minimum absolute atomic E-state index is 0.106. The number of Topliss-reactive ketones (excluding diaryl/α,β-unsaturated/α-hetero) is 1. The second-order valence-corrected chi connectivity index (χ2v) is 4.97. The van der Waals surface area contributed by atoms with Crippen molar-refractivity contribution in [3.8, 4) is 0 Å². The monoisotopic (exact) mass is 258 g/mol. The zero-order valence-electron chi connectivity index (χ0n) is 10.5. The lowest BCUT2D eigenvalue weighted by Crippen LogP contribution is -2.04. The maximum Gasteiger partial charge on any atom is 0.167 e. The zero-order chi connectivity index (χ0) is 13.1. The summed E-state index contributed by atoms with van der Waals surface area (Å²) >= 11 is 6.07. The Bertz CT molecular complexity index is 567. The first-order valence-electron chi connectivity index (χ1n) is 5.91. The molecule has 0 atom stereocenters. The topological polar surface area (TPSA) is 17.1 Å². The fourth-order valence-corrected chi connectivity index (χ4v) is 2.26. The van der Waals surface area contributed by atoms with Gasteiger partial charge in [0.1, 0.15) is 0 Å². The highest BCUT2D eigenvalue weighted by atomic mass is 35.5. The SMILES string of the molecule is Cc1cc(C)cc(C(=O)Cc2ccccc2Cl)c1. The second-order valence-electron chi connectivity index (χ2n) is 4.57. The number of aryl methyl sites for hydroxylation is 2. The number of carbonyl (C=O) groups excluding carboxylic acids is 1. The van der Waals surface area contributed by atoms with Gasteiger partial charge in [0.05, 0.1) is 0 Å². The molecule has 0 aliphatic heterocycles. The highest BCUT2D eigenvalue weighted by Crippen LogP contribution is 2.18. The van der Waals surface area contributed by atoms with Gasteiger partial charge in [-0.3, -0.25) is 4.79 Å². The second kappa shape index (κ2) is 5.36. The van der Waals surface area contributed by atoms with E-state index >= 15 is 0 Å². The molecule has 0 saturated carbocycles. The van der Waals surface area contributed by atoms with Crippen LogP contribution in [0.1, 0.15) is 27.0 Å². The Morgan fingerprint density at radius 2 is 1.67 bits per heavy atom. The van der Waals surface area contributed by atoms with E-state index in [-0.39, 0.29) is 5.78 Å². The summed E-state index contributed by atoms with van der Waals surface area (Å²) in [6.45, 7) is 4.00. The Morgan fingerprint density at radius 3 is 2.28 bits per heavy atom. The molecule has 2 heteroatoms. The molecule has 2 aromatic carbocycles. The first kappa shape index (κ1) is 12.8. The van der Waals surface area contributed by atoms with Crippen LogP contribution in [0.2, 0.25) is 5.02 Å². The fourth-order valence-electron chi connectivity index (χ4n) is 2.05. The molecule has 18 heavy (non-hydrogen) atoms. The van der Waals surface area contributed by atoms with Crippen molar-refractivity contribution in [2.75, 3.05) is 0 Å². The van der Waals surface area contributed by atoms with Crippen LogP contribution < -0.4 is 0 Å². The standard InChI is InChI=1S/C16H15ClO/c1-11-7-12(2)9-14(8-11)16(18)10-13-5-3-4-6-15(13)17/h3-9H,10H2,1-2H3. The summed E-state index contributed by atoms with van der Waals surface area (Å²) in [5.74, 6) is 0.106. The normalized spacial score (nSPS) is 10.4. The number of rotatable bonds is 3. The van der Waals surface area contributed by atoms with Gasteiger partial charge in [-0.25, -0.2) is 0 Å². The molecule has 2 rings (SSSR count). The first-order valence-corrected chi connectivity index (χ1v) is 6.29. The number of halogens is 1. The molecule has 0 fully saturated rings.